The first-order valence-electron chi connectivity index (χ1n) is 8.63. The van der Waals surface area contributed by atoms with Crippen molar-refractivity contribution in [2.24, 2.45) is 0 Å². The van der Waals surface area contributed by atoms with Gasteiger partial charge in [0.25, 0.3) is 0 Å². The van der Waals surface area contributed by atoms with Gasteiger partial charge >= 0.3 is 0 Å². The molecule has 2 aromatic carbocycles. The number of fused-ring (bicyclic) bond motifs is 1. The quantitative estimate of drug-likeness (QED) is 0.787. The first kappa shape index (κ1) is 13.0. The minimum absolute atomic E-state index is 0.192. The Bertz CT molecular complexity index is 840. The van der Waals surface area contributed by atoms with Gasteiger partial charge in [0.1, 0.15) is 0 Å². The predicted molar refractivity (Wildman–Crippen MR) is 96.0 cm³/mol. The molecule has 2 aliphatic heterocycles. The van der Waals surface area contributed by atoms with Crippen LogP contribution in [-0.2, 0) is 5.41 Å². The third kappa shape index (κ3) is 2.02. The van der Waals surface area contributed by atoms with Gasteiger partial charge in [0, 0.05) is 17.6 Å². The van der Waals surface area contributed by atoms with E-state index >= 15 is 0 Å². The molecule has 0 aliphatic carbocycles. The molecule has 2 unspecified atom stereocenters. The lowest BCUT2D eigenvalue weighted by Crippen LogP contribution is -2.25. The Morgan fingerprint density at radius 3 is 2.43 bits per heavy atom. The zero-order chi connectivity index (χ0) is 16.9. The highest BCUT2D eigenvalue weighted by Crippen LogP contribution is 2.46. The van der Waals surface area contributed by atoms with E-state index in [0.29, 0.717) is 0 Å². The summed E-state index contributed by atoms with van der Waals surface area (Å²) in [5, 5.41) is 0. The molecule has 0 saturated heterocycles. The average Bonchev–Trinajstić information content (AvgIpc) is 3.07. The van der Waals surface area contributed by atoms with Crippen LogP contribution in [0.5, 0.6) is 0 Å². The van der Waals surface area contributed by atoms with Crippen molar-refractivity contribution in [1.29, 1.82) is 0 Å². The number of anilines is 1. The molecule has 2 heteroatoms. The first-order chi connectivity index (χ1) is 11.5. The Kier molecular flexibility index (Phi) is 2.84. The standard InChI is InChI=1S/C21H22N2/c1-16-9-7-8-12-19(16)23-15-22-14-13-21(3,20(22)17(23)2)18-10-5-4-6-11-18/h4-14H,15H2,1-3H3/i15D. The average molecular weight is 303 g/mol. The van der Waals surface area contributed by atoms with Crippen molar-refractivity contribution >= 4 is 5.69 Å². The number of rotatable bonds is 2. The fourth-order valence-corrected chi connectivity index (χ4v) is 3.73. The fraction of sp³-hybridized carbons (Fsp3) is 0.238. The van der Waals surface area contributed by atoms with Gasteiger partial charge in [-0.1, -0.05) is 54.6 Å². The molecule has 0 amide bonds. The molecule has 2 nitrogen and oxygen atoms in total. The molecule has 23 heavy (non-hydrogen) atoms. The molecule has 0 fully saturated rings. The molecule has 116 valence electrons. The highest BCUT2D eigenvalue weighted by atomic mass is 15.4. The van der Waals surface area contributed by atoms with Crippen LogP contribution in [0.25, 0.3) is 0 Å². The molecule has 2 aromatic rings. The number of para-hydroxylation sites is 1. The third-order valence-electron chi connectivity index (χ3n) is 5.01. The molecular weight excluding hydrogens is 280 g/mol. The third-order valence-corrected chi connectivity index (χ3v) is 5.01. The van der Waals surface area contributed by atoms with Gasteiger partial charge in [-0.3, -0.25) is 0 Å². The monoisotopic (exact) mass is 303 g/mol. The zero-order valence-corrected chi connectivity index (χ0v) is 13.8. The van der Waals surface area contributed by atoms with Crippen molar-refractivity contribution in [3.63, 3.8) is 0 Å². The number of nitrogens with zero attached hydrogens (tertiary/aromatic N) is 2. The first-order valence-corrected chi connectivity index (χ1v) is 8.06. The predicted octanol–water partition coefficient (Wildman–Crippen LogP) is 4.79. The Hall–Kier alpha value is -2.48. The van der Waals surface area contributed by atoms with Crippen molar-refractivity contribution in [3.05, 3.63) is 89.4 Å². The van der Waals surface area contributed by atoms with Crippen LogP contribution in [0.1, 0.15) is 26.3 Å². The van der Waals surface area contributed by atoms with Crippen LogP contribution in [0, 0.1) is 6.92 Å². The van der Waals surface area contributed by atoms with E-state index in [1.54, 1.807) is 0 Å². The summed E-state index contributed by atoms with van der Waals surface area (Å²) >= 11 is 0. The molecule has 0 aromatic heterocycles. The number of hydrogen-bond acceptors (Lipinski definition) is 2. The molecule has 0 bridgehead atoms. The maximum atomic E-state index is 8.78. The Balaban J connectivity index is 1.85. The largest absolute Gasteiger partial charge is 0.331 e. The molecule has 0 spiro atoms. The number of allylic oxidation sites excluding steroid dienone is 2. The van der Waals surface area contributed by atoms with E-state index in [0.717, 1.165) is 11.4 Å². The molecular formula is C21H22N2. The molecule has 0 N–H and O–H groups in total. The smallest absolute Gasteiger partial charge is 0.0989 e. The number of hydrogen-bond donors (Lipinski definition) is 0. The Morgan fingerprint density at radius 2 is 1.70 bits per heavy atom. The van der Waals surface area contributed by atoms with Gasteiger partial charge in [-0.05, 0) is 38.0 Å². The number of benzene rings is 2. The van der Waals surface area contributed by atoms with Crippen molar-refractivity contribution in [3.8, 4) is 0 Å². The Morgan fingerprint density at radius 1 is 1.00 bits per heavy atom. The Labute approximate surface area is 139 Å². The van der Waals surface area contributed by atoms with Crippen LogP contribution in [0.4, 0.5) is 5.69 Å². The summed E-state index contributed by atoms with van der Waals surface area (Å²) < 4.78 is 8.78. The van der Waals surface area contributed by atoms with E-state index < -0.39 is 6.64 Å². The summed E-state index contributed by atoms with van der Waals surface area (Å²) in [5.74, 6) is 0. The van der Waals surface area contributed by atoms with E-state index in [2.05, 4.69) is 79.2 Å². The zero-order valence-electron chi connectivity index (χ0n) is 14.8. The second kappa shape index (κ2) is 5.02. The summed E-state index contributed by atoms with van der Waals surface area (Å²) in [4.78, 5) is 4.23. The minimum atomic E-state index is -0.456. The second-order valence-electron chi connectivity index (χ2n) is 6.50. The van der Waals surface area contributed by atoms with E-state index in [9.17, 15) is 0 Å². The van der Waals surface area contributed by atoms with Gasteiger partial charge in [0.15, 0.2) is 0 Å². The lowest BCUT2D eigenvalue weighted by molar-refractivity contribution is 0.480. The van der Waals surface area contributed by atoms with Gasteiger partial charge in [-0.2, -0.15) is 0 Å². The minimum Gasteiger partial charge on any atom is -0.331 e. The molecule has 2 heterocycles. The summed E-state index contributed by atoms with van der Waals surface area (Å²) in [7, 11) is 0. The van der Waals surface area contributed by atoms with Crippen LogP contribution < -0.4 is 4.90 Å². The van der Waals surface area contributed by atoms with Crippen molar-refractivity contribution in [2.45, 2.75) is 26.2 Å². The number of aryl methyl sites for hydroxylation is 1. The van der Waals surface area contributed by atoms with Crippen LogP contribution in [0.15, 0.2) is 78.3 Å². The van der Waals surface area contributed by atoms with E-state index in [1.807, 2.05) is 18.2 Å². The van der Waals surface area contributed by atoms with Crippen LogP contribution in [0.3, 0.4) is 0 Å². The lowest BCUT2D eigenvalue weighted by Gasteiger charge is -2.27. The summed E-state index contributed by atoms with van der Waals surface area (Å²) in [5.41, 5.74) is 5.73. The van der Waals surface area contributed by atoms with Gasteiger partial charge in [0.05, 0.1) is 19.1 Å². The van der Waals surface area contributed by atoms with E-state index in [1.165, 1.54) is 16.8 Å². The molecule has 0 saturated carbocycles. The van der Waals surface area contributed by atoms with Gasteiger partial charge in [-0.25, -0.2) is 0 Å². The van der Waals surface area contributed by atoms with Crippen molar-refractivity contribution < 1.29 is 1.37 Å². The molecule has 0 radical (unpaired) electrons. The van der Waals surface area contributed by atoms with Crippen molar-refractivity contribution in [1.82, 2.24) is 4.90 Å². The highest BCUT2D eigenvalue weighted by Gasteiger charge is 2.42. The van der Waals surface area contributed by atoms with E-state index in [4.69, 9.17) is 1.37 Å². The van der Waals surface area contributed by atoms with Gasteiger partial charge < -0.3 is 9.80 Å². The van der Waals surface area contributed by atoms with Gasteiger partial charge in [-0.15, -0.1) is 0 Å². The summed E-state index contributed by atoms with van der Waals surface area (Å²) in [6.07, 6.45) is 4.29. The summed E-state index contributed by atoms with van der Waals surface area (Å²) in [6.45, 7) is 6.03. The van der Waals surface area contributed by atoms with E-state index in [-0.39, 0.29) is 5.41 Å². The van der Waals surface area contributed by atoms with Gasteiger partial charge in [0.2, 0.25) is 0 Å². The second-order valence-corrected chi connectivity index (χ2v) is 6.50. The molecule has 4 rings (SSSR count). The highest BCUT2D eigenvalue weighted by molar-refractivity contribution is 5.62. The maximum Gasteiger partial charge on any atom is 0.0989 e. The topological polar surface area (TPSA) is 6.48 Å². The fourth-order valence-electron chi connectivity index (χ4n) is 3.73. The molecule has 2 aliphatic rings. The maximum absolute atomic E-state index is 8.78. The molecule has 2 atom stereocenters. The van der Waals surface area contributed by atoms with Crippen LogP contribution in [0.2, 0.25) is 0 Å². The van der Waals surface area contributed by atoms with Crippen LogP contribution in [-0.4, -0.2) is 11.5 Å². The SMILES string of the molecule is [2H]C1N2C=CC(C)(c3ccccc3)C2=C(C)N1c1ccccc1C. The normalized spacial score (nSPS) is 26.7. The van der Waals surface area contributed by atoms with Crippen molar-refractivity contribution in [2.75, 3.05) is 11.5 Å². The lowest BCUT2D eigenvalue weighted by atomic mass is 9.80. The van der Waals surface area contributed by atoms with Crippen LogP contribution >= 0.6 is 0 Å². The summed E-state index contributed by atoms with van der Waals surface area (Å²) in [6, 6.07) is 18.9.